The molecule has 1 amide bonds. The maximum atomic E-state index is 12.5. The summed E-state index contributed by atoms with van der Waals surface area (Å²) in [6.45, 7) is 3.38. The van der Waals surface area contributed by atoms with Gasteiger partial charge < -0.3 is 14.6 Å². The van der Waals surface area contributed by atoms with Gasteiger partial charge in [-0.05, 0) is 42.8 Å². The van der Waals surface area contributed by atoms with Crippen molar-refractivity contribution in [1.29, 1.82) is 0 Å². The lowest BCUT2D eigenvalue weighted by Crippen LogP contribution is -2.13. The molecule has 0 saturated carbocycles. The molecular formula is C25H24N2O2S. The van der Waals surface area contributed by atoms with Gasteiger partial charge >= 0.3 is 0 Å². The average molecular weight is 417 g/mol. The first-order valence-corrected chi connectivity index (χ1v) is 11.0. The van der Waals surface area contributed by atoms with E-state index >= 15 is 0 Å². The third-order valence-electron chi connectivity index (χ3n) is 4.76. The van der Waals surface area contributed by atoms with Crippen molar-refractivity contribution >= 4 is 34.3 Å². The molecule has 0 spiro atoms. The summed E-state index contributed by atoms with van der Waals surface area (Å²) in [5.74, 6) is 1.13. The Kier molecular flexibility index (Phi) is 6.40. The fourth-order valence-electron chi connectivity index (χ4n) is 3.38. The van der Waals surface area contributed by atoms with E-state index in [4.69, 9.17) is 4.74 Å². The topological polar surface area (TPSA) is 43.3 Å². The molecule has 0 aliphatic heterocycles. The van der Waals surface area contributed by atoms with Crippen molar-refractivity contribution in [2.45, 2.75) is 18.4 Å². The summed E-state index contributed by atoms with van der Waals surface area (Å²) in [5, 5.41) is 4.13. The molecule has 152 valence electrons. The number of hydrogen-bond acceptors (Lipinski definition) is 3. The number of nitrogens with zero attached hydrogens (tertiary/aromatic N) is 1. The predicted molar refractivity (Wildman–Crippen MR) is 124 cm³/mol. The molecule has 5 heteroatoms. The van der Waals surface area contributed by atoms with Crippen molar-refractivity contribution in [2.24, 2.45) is 0 Å². The first kappa shape index (κ1) is 20.1. The molecule has 4 rings (SSSR count). The Hall–Kier alpha value is -3.18. The molecule has 0 radical (unpaired) electrons. The minimum absolute atomic E-state index is 0.0240. The molecule has 3 aromatic carbocycles. The number of nitrogens with one attached hydrogen (secondary N) is 1. The van der Waals surface area contributed by atoms with Crippen LogP contribution < -0.4 is 10.1 Å². The molecule has 30 heavy (non-hydrogen) atoms. The Morgan fingerprint density at radius 2 is 1.70 bits per heavy atom. The number of rotatable bonds is 8. The molecule has 4 nitrogen and oxygen atoms in total. The van der Waals surface area contributed by atoms with Gasteiger partial charge in [0.15, 0.2) is 0 Å². The van der Waals surface area contributed by atoms with Crippen molar-refractivity contribution in [2.75, 3.05) is 17.7 Å². The van der Waals surface area contributed by atoms with Gasteiger partial charge in [-0.25, -0.2) is 0 Å². The van der Waals surface area contributed by atoms with E-state index in [2.05, 4.69) is 58.5 Å². The van der Waals surface area contributed by atoms with Crippen LogP contribution in [0.2, 0.25) is 0 Å². The maximum Gasteiger partial charge on any atom is 0.234 e. The van der Waals surface area contributed by atoms with Crippen LogP contribution in [0.15, 0.2) is 90.0 Å². The Morgan fingerprint density at radius 1 is 0.967 bits per heavy atom. The van der Waals surface area contributed by atoms with Crippen LogP contribution in [-0.4, -0.2) is 22.8 Å². The molecule has 4 aromatic rings. The second-order valence-corrected chi connectivity index (χ2v) is 7.94. The van der Waals surface area contributed by atoms with E-state index in [1.54, 1.807) is 11.8 Å². The second kappa shape index (κ2) is 9.55. The summed E-state index contributed by atoms with van der Waals surface area (Å²) in [5.41, 5.74) is 3.20. The van der Waals surface area contributed by atoms with E-state index in [-0.39, 0.29) is 5.91 Å². The predicted octanol–water partition coefficient (Wildman–Crippen LogP) is 5.82. The number of carbonyl (C=O) groups is 1. The van der Waals surface area contributed by atoms with Gasteiger partial charge in [-0.15, -0.1) is 11.8 Å². The third-order valence-corrected chi connectivity index (χ3v) is 5.80. The van der Waals surface area contributed by atoms with Gasteiger partial charge in [0, 0.05) is 34.2 Å². The number of para-hydroxylation sites is 1. The summed E-state index contributed by atoms with van der Waals surface area (Å²) < 4.78 is 7.69. The van der Waals surface area contributed by atoms with Crippen molar-refractivity contribution < 1.29 is 9.53 Å². The number of ether oxygens (including phenoxy) is 1. The van der Waals surface area contributed by atoms with Crippen LogP contribution in [0.25, 0.3) is 10.9 Å². The molecule has 1 heterocycles. The molecular weight excluding hydrogens is 392 g/mol. The van der Waals surface area contributed by atoms with E-state index in [9.17, 15) is 4.79 Å². The van der Waals surface area contributed by atoms with E-state index in [0.29, 0.717) is 12.4 Å². The second-order valence-electron chi connectivity index (χ2n) is 6.92. The van der Waals surface area contributed by atoms with Gasteiger partial charge in [0.1, 0.15) is 5.75 Å². The average Bonchev–Trinajstić information content (AvgIpc) is 3.12. The van der Waals surface area contributed by atoms with Crippen LogP contribution in [0, 0.1) is 0 Å². The largest absolute Gasteiger partial charge is 0.494 e. The molecule has 0 saturated heterocycles. The Bertz CT molecular complexity index is 1120. The van der Waals surface area contributed by atoms with E-state index in [1.807, 2.05) is 43.3 Å². The first-order valence-electron chi connectivity index (χ1n) is 10.0. The number of thioether (sulfide) groups is 1. The molecule has 0 fully saturated rings. The Morgan fingerprint density at radius 3 is 2.47 bits per heavy atom. The van der Waals surface area contributed by atoms with Gasteiger partial charge in [-0.3, -0.25) is 4.79 Å². The summed E-state index contributed by atoms with van der Waals surface area (Å²) in [7, 11) is 0. The molecule has 0 bridgehead atoms. The Balaban J connectivity index is 1.44. The van der Waals surface area contributed by atoms with Crippen LogP contribution in [0.5, 0.6) is 5.75 Å². The smallest absolute Gasteiger partial charge is 0.234 e. The van der Waals surface area contributed by atoms with Crippen molar-refractivity contribution in [3.05, 3.63) is 90.6 Å². The number of fused-ring (bicyclic) bond motifs is 1. The van der Waals surface area contributed by atoms with Gasteiger partial charge in [0.2, 0.25) is 5.91 Å². The highest BCUT2D eigenvalue weighted by atomic mass is 32.2. The fourth-order valence-corrected chi connectivity index (χ4v) is 4.27. The molecule has 0 atom stereocenters. The number of aromatic nitrogens is 1. The monoisotopic (exact) mass is 416 g/mol. The maximum absolute atomic E-state index is 12.5. The summed E-state index contributed by atoms with van der Waals surface area (Å²) in [4.78, 5) is 13.6. The Labute approximate surface area is 180 Å². The molecule has 0 aliphatic carbocycles. The quantitative estimate of drug-likeness (QED) is 0.368. The number of anilines is 1. The third kappa shape index (κ3) is 4.86. The van der Waals surface area contributed by atoms with Gasteiger partial charge in [-0.1, -0.05) is 48.5 Å². The number of benzene rings is 3. The van der Waals surface area contributed by atoms with Crippen molar-refractivity contribution in [3.8, 4) is 5.75 Å². The van der Waals surface area contributed by atoms with E-state index in [0.717, 1.165) is 22.9 Å². The highest BCUT2D eigenvalue weighted by Gasteiger charge is 2.11. The van der Waals surface area contributed by atoms with E-state index in [1.165, 1.54) is 16.5 Å². The summed E-state index contributed by atoms with van der Waals surface area (Å²) in [6.07, 6.45) is 2.15. The van der Waals surface area contributed by atoms with Gasteiger partial charge in [0.05, 0.1) is 12.4 Å². The van der Waals surface area contributed by atoms with Crippen LogP contribution in [0.4, 0.5) is 5.69 Å². The lowest BCUT2D eigenvalue weighted by Gasteiger charge is -2.07. The molecule has 0 unspecified atom stereocenters. The number of carbonyl (C=O) groups excluding carboxylic acids is 1. The first-order chi connectivity index (χ1) is 14.7. The van der Waals surface area contributed by atoms with Gasteiger partial charge in [0.25, 0.3) is 0 Å². The lowest BCUT2D eigenvalue weighted by molar-refractivity contribution is -0.113. The van der Waals surface area contributed by atoms with Crippen molar-refractivity contribution in [3.63, 3.8) is 0 Å². The highest BCUT2D eigenvalue weighted by Crippen LogP contribution is 2.30. The normalized spacial score (nSPS) is 10.8. The minimum Gasteiger partial charge on any atom is -0.494 e. The summed E-state index contributed by atoms with van der Waals surface area (Å²) in [6, 6.07) is 26.2. The van der Waals surface area contributed by atoms with Crippen LogP contribution in [0.3, 0.4) is 0 Å². The van der Waals surface area contributed by atoms with E-state index < -0.39 is 0 Å². The number of hydrogen-bond donors (Lipinski definition) is 1. The number of amides is 1. The van der Waals surface area contributed by atoms with Crippen LogP contribution >= 0.6 is 11.8 Å². The SMILES string of the molecule is CCOc1ccc(NC(=O)CSc2cn(Cc3ccccc3)c3ccccc23)cc1. The zero-order valence-corrected chi connectivity index (χ0v) is 17.7. The van der Waals surface area contributed by atoms with Gasteiger partial charge in [-0.2, -0.15) is 0 Å². The fraction of sp³-hybridized carbons (Fsp3) is 0.160. The van der Waals surface area contributed by atoms with Crippen LogP contribution in [-0.2, 0) is 11.3 Å². The molecule has 1 aromatic heterocycles. The summed E-state index contributed by atoms with van der Waals surface area (Å²) >= 11 is 1.56. The zero-order chi connectivity index (χ0) is 20.8. The molecule has 1 N–H and O–H groups in total. The highest BCUT2D eigenvalue weighted by molar-refractivity contribution is 8.00. The standard InChI is InChI=1S/C25H24N2O2S/c1-2-29-21-14-12-20(13-15-21)26-25(28)18-30-24-17-27(16-19-8-4-3-5-9-19)23-11-7-6-10-22(23)24/h3-15,17H,2,16,18H2,1H3,(H,26,28). The molecule has 0 aliphatic rings. The van der Waals surface area contributed by atoms with Crippen molar-refractivity contribution in [1.82, 2.24) is 4.57 Å². The zero-order valence-electron chi connectivity index (χ0n) is 16.9. The van der Waals surface area contributed by atoms with Crippen LogP contribution in [0.1, 0.15) is 12.5 Å². The lowest BCUT2D eigenvalue weighted by atomic mass is 10.2. The minimum atomic E-state index is -0.0240.